The summed E-state index contributed by atoms with van der Waals surface area (Å²) in [6, 6.07) is 0.416. The standard InChI is InChI=1S/C7H9NO/c1-2-6-3-5-4-7(5)8(6)9/h1,5-7,9H,3-4H2. The Morgan fingerprint density at radius 1 is 1.56 bits per heavy atom. The molecule has 0 radical (unpaired) electrons. The number of nitrogens with zero attached hydrogens (tertiary/aromatic N) is 1. The topological polar surface area (TPSA) is 23.5 Å². The van der Waals surface area contributed by atoms with Gasteiger partial charge in [0.25, 0.3) is 0 Å². The molecule has 0 bridgehead atoms. The lowest BCUT2D eigenvalue weighted by atomic mass is 10.2. The number of terminal acetylenes is 1. The predicted molar refractivity (Wildman–Crippen MR) is 32.8 cm³/mol. The maximum Gasteiger partial charge on any atom is 0.0960 e. The van der Waals surface area contributed by atoms with Crippen LogP contribution in [0.4, 0.5) is 0 Å². The Morgan fingerprint density at radius 3 is 2.67 bits per heavy atom. The van der Waals surface area contributed by atoms with Crippen molar-refractivity contribution in [3.05, 3.63) is 0 Å². The van der Waals surface area contributed by atoms with Crippen LogP contribution in [0.2, 0.25) is 0 Å². The van der Waals surface area contributed by atoms with E-state index in [0.717, 1.165) is 12.8 Å². The summed E-state index contributed by atoms with van der Waals surface area (Å²) >= 11 is 0. The molecular formula is C7H9NO. The quantitative estimate of drug-likeness (QED) is 0.473. The van der Waals surface area contributed by atoms with Crippen LogP contribution in [-0.4, -0.2) is 22.4 Å². The molecule has 0 spiro atoms. The molecule has 2 fully saturated rings. The third-order valence-corrected chi connectivity index (χ3v) is 2.26. The first kappa shape index (κ1) is 5.28. The highest BCUT2D eigenvalue weighted by atomic mass is 16.5. The van der Waals surface area contributed by atoms with Gasteiger partial charge in [-0.25, -0.2) is 0 Å². The van der Waals surface area contributed by atoms with Gasteiger partial charge in [-0.2, -0.15) is 5.06 Å². The molecule has 1 N–H and O–H groups in total. The van der Waals surface area contributed by atoms with Gasteiger partial charge in [-0.1, -0.05) is 5.92 Å². The van der Waals surface area contributed by atoms with Crippen LogP contribution < -0.4 is 0 Å². The second kappa shape index (κ2) is 1.50. The summed E-state index contributed by atoms with van der Waals surface area (Å²) in [5.74, 6) is 3.26. The number of hydrogen-bond donors (Lipinski definition) is 1. The summed E-state index contributed by atoms with van der Waals surface area (Å²) in [6.45, 7) is 0. The van der Waals surface area contributed by atoms with Crippen molar-refractivity contribution in [3.63, 3.8) is 0 Å². The first-order valence-electron chi connectivity index (χ1n) is 3.26. The van der Waals surface area contributed by atoms with Crippen molar-refractivity contribution in [2.45, 2.75) is 24.9 Å². The molecule has 3 unspecified atom stereocenters. The summed E-state index contributed by atoms with van der Waals surface area (Å²) in [4.78, 5) is 0. The fourth-order valence-corrected chi connectivity index (χ4v) is 1.58. The largest absolute Gasteiger partial charge is 0.313 e. The van der Waals surface area contributed by atoms with Gasteiger partial charge in [0, 0.05) is 6.04 Å². The molecule has 0 aromatic carbocycles. The lowest BCUT2D eigenvalue weighted by Crippen LogP contribution is -2.27. The van der Waals surface area contributed by atoms with Crippen molar-refractivity contribution >= 4 is 0 Å². The van der Waals surface area contributed by atoms with E-state index in [1.807, 2.05) is 0 Å². The Kier molecular flexibility index (Phi) is 0.879. The average molecular weight is 123 g/mol. The fourth-order valence-electron chi connectivity index (χ4n) is 1.58. The van der Waals surface area contributed by atoms with Gasteiger partial charge in [0.1, 0.15) is 0 Å². The van der Waals surface area contributed by atoms with Crippen LogP contribution >= 0.6 is 0 Å². The van der Waals surface area contributed by atoms with Gasteiger partial charge in [0.15, 0.2) is 0 Å². The van der Waals surface area contributed by atoms with Crippen LogP contribution in [-0.2, 0) is 0 Å². The Balaban J connectivity index is 2.10. The zero-order chi connectivity index (χ0) is 6.43. The number of hydrogen-bond acceptors (Lipinski definition) is 2. The number of fused-ring (bicyclic) bond motifs is 1. The van der Waals surface area contributed by atoms with E-state index in [9.17, 15) is 5.21 Å². The van der Waals surface area contributed by atoms with E-state index in [1.54, 1.807) is 0 Å². The lowest BCUT2D eigenvalue weighted by Gasteiger charge is -2.13. The van der Waals surface area contributed by atoms with Gasteiger partial charge >= 0.3 is 0 Å². The van der Waals surface area contributed by atoms with Crippen molar-refractivity contribution in [2.75, 3.05) is 0 Å². The Hall–Kier alpha value is -0.520. The first-order chi connectivity index (χ1) is 4.33. The molecule has 1 aliphatic heterocycles. The van der Waals surface area contributed by atoms with Gasteiger partial charge in [-0.3, -0.25) is 0 Å². The fraction of sp³-hybridized carbons (Fsp3) is 0.714. The minimum atomic E-state index is 0.00810. The molecule has 0 amide bonds. The molecule has 2 rings (SSSR count). The predicted octanol–water partition coefficient (Wildman–Crippen LogP) is 0.472. The van der Waals surface area contributed by atoms with Crippen LogP contribution in [0.5, 0.6) is 0 Å². The first-order valence-corrected chi connectivity index (χ1v) is 3.26. The zero-order valence-electron chi connectivity index (χ0n) is 5.12. The van der Waals surface area contributed by atoms with Crippen molar-refractivity contribution in [3.8, 4) is 12.3 Å². The van der Waals surface area contributed by atoms with Crippen molar-refractivity contribution in [1.82, 2.24) is 5.06 Å². The monoisotopic (exact) mass is 123 g/mol. The second-order valence-corrected chi connectivity index (χ2v) is 2.86. The normalized spacial score (nSPS) is 48.2. The minimum absolute atomic E-state index is 0.00810. The van der Waals surface area contributed by atoms with Crippen LogP contribution in [0, 0.1) is 18.3 Å². The van der Waals surface area contributed by atoms with Crippen molar-refractivity contribution < 1.29 is 5.21 Å². The number of rotatable bonds is 0. The van der Waals surface area contributed by atoms with Gasteiger partial charge in [0.05, 0.1) is 6.04 Å². The smallest absolute Gasteiger partial charge is 0.0960 e. The van der Waals surface area contributed by atoms with E-state index in [-0.39, 0.29) is 6.04 Å². The molecule has 2 heteroatoms. The highest BCUT2D eigenvalue weighted by Crippen LogP contribution is 2.46. The third kappa shape index (κ3) is 0.592. The molecule has 1 heterocycles. The van der Waals surface area contributed by atoms with E-state index in [0.29, 0.717) is 12.0 Å². The highest BCUT2D eigenvalue weighted by Gasteiger charge is 2.51. The third-order valence-electron chi connectivity index (χ3n) is 2.26. The van der Waals surface area contributed by atoms with Crippen molar-refractivity contribution in [1.29, 1.82) is 0 Å². The van der Waals surface area contributed by atoms with E-state index in [2.05, 4.69) is 5.92 Å². The van der Waals surface area contributed by atoms with Gasteiger partial charge in [-0.05, 0) is 18.8 Å². The van der Waals surface area contributed by atoms with Crippen LogP contribution in [0.1, 0.15) is 12.8 Å². The number of hydroxylamine groups is 2. The Bertz CT molecular complexity index is 172. The molecule has 0 aromatic rings. The van der Waals surface area contributed by atoms with Gasteiger partial charge in [-0.15, -0.1) is 6.42 Å². The van der Waals surface area contributed by atoms with Gasteiger partial charge in [0.2, 0.25) is 0 Å². The Morgan fingerprint density at radius 2 is 2.33 bits per heavy atom. The summed E-state index contributed by atoms with van der Waals surface area (Å²) in [7, 11) is 0. The maximum atomic E-state index is 9.19. The average Bonchev–Trinajstić information content (AvgIpc) is 2.55. The van der Waals surface area contributed by atoms with Crippen LogP contribution in [0.25, 0.3) is 0 Å². The second-order valence-electron chi connectivity index (χ2n) is 2.86. The molecule has 3 atom stereocenters. The summed E-state index contributed by atoms with van der Waals surface area (Å²) in [5.41, 5.74) is 0. The van der Waals surface area contributed by atoms with Gasteiger partial charge < -0.3 is 5.21 Å². The van der Waals surface area contributed by atoms with Crippen molar-refractivity contribution in [2.24, 2.45) is 5.92 Å². The van der Waals surface area contributed by atoms with Crippen LogP contribution in [0.3, 0.4) is 0 Å². The minimum Gasteiger partial charge on any atom is -0.313 e. The number of piperidine rings is 1. The Labute approximate surface area is 54.4 Å². The highest BCUT2D eigenvalue weighted by molar-refractivity contribution is 5.12. The van der Waals surface area contributed by atoms with E-state index in [4.69, 9.17) is 6.42 Å². The van der Waals surface area contributed by atoms with Crippen LogP contribution in [0.15, 0.2) is 0 Å². The molecule has 0 aromatic heterocycles. The molecule has 1 saturated carbocycles. The molecule has 48 valence electrons. The maximum absolute atomic E-state index is 9.19. The summed E-state index contributed by atoms with van der Waals surface area (Å²) in [6.07, 6.45) is 7.30. The zero-order valence-corrected chi connectivity index (χ0v) is 5.12. The molecule has 2 nitrogen and oxygen atoms in total. The molecule has 1 aliphatic carbocycles. The summed E-state index contributed by atoms with van der Waals surface area (Å²) < 4.78 is 0. The SMILES string of the molecule is C#CC1CC2CC2N1O. The molecule has 9 heavy (non-hydrogen) atoms. The molecule has 2 aliphatic rings. The molecule has 1 saturated heterocycles. The lowest BCUT2D eigenvalue weighted by molar-refractivity contribution is -0.104. The van der Waals surface area contributed by atoms with E-state index in [1.165, 1.54) is 5.06 Å². The molecular weight excluding hydrogens is 114 g/mol. The summed E-state index contributed by atoms with van der Waals surface area (Å²) in [5, 5.41) is 10.5. The van der Waals surface area contributed by atoms with E-state index >= 15 is 0 Å². The van der Waals surface area contributed by atoms with E-state index < -0.39 is 0 Å².